The van der Waals surface area contributed by atoms with Gasteiger partial charge in [-0.2, -0.15) is 0 Å². The van der Waals surface area contributed by atoms with Gasteiger partial charge in [0.25, 0.3) is 0 Å². The molecule has 0 aliphatic rings. The highest BCUT2D eigenvalue weighted by Gasteiger charge is 2.48. The lowest BCUT2D eigenvalue weighted by atomic mass is 10.3. The third-order valence-corrected chi connectivity index (χ3v) is 12.8. The molecule has 0 aromatic heterocycles. The van der Waals surface area contributed by atoms with E-state index in [4.69, 9.17) is 0 Å². The van der Waals surface area contributed by atoms with Crippen LogP contribution < -0.4 is 0 Å². The molecule has 0 aromatic carbocycles. The van der Waals surface area contributed by atoms with Crippen molar-refractivity contribution in [2.24, 2.45) is 0 Å². The number of nitrogens with zero attached hydrogens (tertiary/aromatic N) is 2. The average Bonchev–Trinajstić information content (AvgIpc) is 2.23. The van der Waals surface area contributed by atoms with Crippen LogP contribution in [0.1, 0.15) is 62.3 Å². The van der Waals surface area contributed by atoms with E-state index in [2.05, 4.69) is 97.4 Å². The molecule has 23 heavy (non-hydrogen) atoms. The molecule has 0 rings (SSSR count). The SMILES string of the molecule is C/C=C(\[Si](C)(C)C)P(=O)(N(C(C)C)C(C)C)N(C(C)C)C(C)C. The molecule has 5 heteroatoms. The summed E-state index contributed by atoms with van der Waals surface area (Å²) in [4.78, 5) is 1.20. The first kappa shape index (κ1) is 23.1. The monoisotopic (exact) mass is 360 g/mol. The van der Waals surface area contributed by atoms with E-state index < -0.39 is 15.5 Å². The Bertz CT molecular complexity index is 410. The normalized spacial score (nSPS) is 15.1. The van der Waals surface area contributed by atoms with Gasteiger partial charge >= 0.3 is 0 Å². The molecule has 0 aromatic rings. The van der Waals surface area contributed by atoms with E-state index in [1.165, 1.54) is 4.94 Å². The van der Waals surface area contributed by atoms with Crippen LogP contribution in [0.25, 0.3) is 0 Å². The van der Waals surface area contributed by atoms with Gasteiger partial charge in [0.2, 0.25) is 7.44 Å². The molecule has 0 saturated heterocycles. The molecule has 0 spiro atoms. The third kappa shape index (κ3) is 5.04. The summed E-state index contributed by atoms with van der Waals surface area (Å²) in [6.07, 6.45) is 2.16. The van der Waals surface area contributed by atoms with E-state index in [-0.39, 0.29) is 24.2 Å². The van der Waals surface area contributed by atoms with E-state index in [1.807, 2.05) is 0 Å². The van der Waals surface area contributed by atoms with Crippen LogP contribution in [0.2, 0.25) is 19.6 Å². The first-order valence-corrected chi connectivity index (χ1v) is 14.2. The fourth-order valence-corrected chi connectivity index (χ4v) is 12.5. The van der Waals surface area contributed by atoms with Crippen LogP contribution in [0.4, 0.5) is 0 Å². The van der Waals surface area contributed by atoms with Gasteiger partial charge in [-0.3, -0.25) is 4.57 Å². The van der Waals surface area contributed by atoms with Crippen molar-refractivity contribution < 1.29 is 4.57 Å². The predicted molar refractivity (Wildman–Crippen MR) is 109 cm³/mol. The molecule has 0 saturated carbocycles. The smallest absolute Gasteiger partial charge is 0.238 e. The van der Waals surface area contributed by atoms with Crippen molar-refractivity contribution in [3.63, 3.8) is 0 Å². The van der Waals surface area contributed by atoms with E-state index >= 15 is 0 Å². The van der Waals surface area contributed by atoms with Crippen molar-refractivity contribution in [3.05, 3.63) is 11.0 Å². The van der Waals surface area contributed by atoms with Gasteiger partial charge in [0.15, 0.2) is 0 Å². The van der Waals surface area contributed by atoms with Gasteiger partial charge in [-0.05, 0) is 62.3 Å². The summed E-state index contributed by atoms with van der Waals surface area (Å²) in [5.74, 6) is 0. The van der Waals surface area contributed by atoms with E-state index in [0.29, 0.717) is 0 Å². The maximum atomic E-state index is 14.8. The van der Waals surface area contributed by atoms with Gasteiger partial charge in [-0.1, -0.05) is 25.7 Å². The molecule has 0 N–H and O–H groups in total. The summed E-state index contributed by atoms with van der Waals surface area (Å²) in [5, 5.41) is 0. The van der Waals surface area contributed by atoms with Crippen LogP contribution in [0.3, 0.4) is 0 Å². The van der Waals surface area contributed by atoms with Crippen molar-refractivity contribution in [2.75, 3.05) is 0 Å². The molecule has 0 unspecified atom stereocenters. The fourth-order valence-electron chi connectivity index (χ4n) is 3.85. The second-order valence-corrected chi connectivity index (χ2v) is 16.6. The largest absolute Gasteiger partial charge is 0.284 e. The Hall–Kier alpha value is 0.107. The van der Waals surface area contributed by atoms with Crippen LogP contribution in [0.5, 0.6) is 0 Å². The van der Waals surface area contributed by atoms with Crippen LogP contribution in [-0.4, -0.2) is 41.6 Å². The Balaban J connectivity index is 6.68. The lowest BCUT2D eigenvalue weighted by Gasteiger charge is -2.50. The minimum absolute atomic E-state index is 0.243. The molecule has 0 aliphatic heterocycles. The molecule has 0 atom stereocenters. The summed E-state index contributed by atoms with van der Waals surface area (Å²) in [5.41, 5.74) is 0. The van der Waals surface area contributed by atoms with E-state index in [0.717, 1.165) is 0 Å². The Morgan fingerprint density at radius 1 is 0.783 bits per heavy atom. The molecular weight excluding hydrogens is 319 g/mol. The van der Waals surface area contributed by atoms with Crippen molar-refractivity contribution in [3.8, 4) is 0 Å². The summed E-state index contributed by atoms with van der Waals surface area (Å²) in [6, 6.07) is 0.971. The average molecular weight is 361 g/mol. The van der Waals surface area contributed by atoms with Crippen molar-refractivity contribution in [1.82, 2.24) is 9.34 Å². The zero-order valence-electron chi connectivity index (χ0n) is 17.6. The van der Waals surface area contributed by atoms with Crippen molar-refractivity contribution >= 4 is 15.5 Å². The molecule has 0 radical (unpaired) electrons. The van der Waals surface area contributed by atoms with Crippen molar-refractivity contribution in [1.29, 1.82) is 0 Å². The molecule has 0 amide bonds. The minimum atomic E-state index is -2.81. The van der Waals surface area contributed by atoms with Crippen LogP contribution >= 0.6 is 7.44 Å². The maximum Gasteiger partial charge on any atom is 0.238 e. The minimum Gasteiger partial charge on any atom is -0.284 e. The Kier molecular flexibility index (Phi) is 8.51. The lowest BCUT2D eigenvalue weighted by molar-refractivity contribution is 0.229. The van der Waals surface area contributed by atoms with E-state index in [1.54, 1.807) is 0 Å². The topological polar surface area (TPSA) is 23.6 Å². The first-order chi connectivity index (χ1) is 10.2. The lowest BCUT2D eigenvalue weighted by Crippen LogP contribution is -2.47. The highest BCUT2D eigenvalue weighted by atomic mass is 31.2. The molecule has 3 nitrogen and oxygen atoms in total. The van der Waals surface area contributed by atoms with Crippen LogP contribution in [0, 0.1) is 0 Å². The second-order valence-electron chi connectivity index (χ2n) is 8.60. The van der Waals surface area contributed by atoms with Gasteiger partial charge in [0.1, 0.15) is 0 Å². The van der Waals surface area contributed by atoms with Crippen molar-refractivity contribution in [2.45, 2.75) is 106 Å². The first-order valence-electron chi connectivity index (χ1n) is 9.07. The van der Waals surface area contributed by atoms with E-state index in [9.17, 15) is 4.57 Å². The zero-order valence-corrected chi connectivity index (χ0v) is 19.5. The Labute approximate surface area is 147 Å². The van der Waals surface area contributed by atoms with Crippen LogP contribution in [0.15, 0.2) is 11.0 Å². The highest BCUT2D eigenvalue weighted by Crippen LogP contribution is 2.65. The molecule has 138 valence electrons. The number of hydrogen-bond acceptors (Lipinski definition) is 1. The summed E-state index contributed by atoms with van der Waals surface area (Å²) >= 11 is 0. The van der Waals surface area contributed by atoms with Gasteiger partial charge < -0.3 is 0 Å². The molecule has 0 aliphatic carbocycles. The third-order valence-electron chi connectivity index (χ3n) is 4.10. The molecule has 0 bridgehead atoms. The highest BCUT2D eigenvalue weighted by molar-refractivity contribution is 7.67. The number of allylic oxidation sites excluding steroid dienone is 1. The van der Waals surface area contributed by atoms with Gasteiger partial charge in [0.05, 0.1) is 8.07 Å². The second kappa shape index (κ2) is 8.47. The Morgan fingerprint density at radius 3 is 1.17 bits per heavy atom. The predicted octanol–water partition coefficient (Wildman–Crippen LogP) is 6.20. The van der Waals surface area contributed by atoms with Crippen LogP contribution in [-0.2, 0) is 4.57 Å². The quantitative estimate of drug-likeness (QED) is 0.380. The fraction of sp³-hybridized carbons (Fsp3) is 0.889. The van der Waals surface area contributed by atoms with Gasteiger partial charge in [-0.25, -0.2) is 9.34 Å². The zero-order chi connectivity index (χ0) is 18.7. The standard InChI is InChI=1S/C18H41N2OPSi/c1-13-18(23(10,11)12)22(21,19(14(2)3)15(4)5)20(16(6)7)17(8)9/h13-17H,1-12H3/b18-13-. The summed E-state index contributed by atoms with van der Waals surface area (Å²) < 4.78 is 19.3. The number of rotatable bonds is 8. The molecule has 0 heterocycles. The molecular formula is C18H41N2OPSi. The summed E-state index contributed by atoms with van der Waals surface area (Å²) in [7, 11) is -4.52. The molecule has 0 fully saturated rings. The van der Waals surface area contributed by atoms with Gasteiger partial charge in [0, 0.05) is 29.1 Å². The van der Waals surface area contributed by atoms with Gasteiger partial charge in [-0.15, -0.1) is 0 Å². The maximum absolute atomic E-state index is 14.8. The summed E-state index contributed by atoms with van der Waals surface area (Å²) in [6.45, 7) is 26.4. The number of hydrogen-bond donors (Lipinski definition) is 0. The Morgan fingerprint density at radius 2 is 1.04 bits per heavy atom.